The molecule has 1 fully saturated rings. The third kappa shape index (κ3) is 4.14. The maximum atomic E-state index is 6.49. The van der Waals surface area contributed by atoms with Crippen LogP contribution in [0, 0.1) is 0 Å². The molecule has 1 saturated carbocycles. The molecular weight excluding hydrogens is 633 g/mol. The van der Waals surface area contributed by atoms with E-state index >= 15 is 0 Å². The van der Waals surface area contributed by atoms with Crippen LogP contribution >= 0.6 is 0 Å². The van der Waals surface area contributed by atoms with Crippen LogP contribution in [-0.2, 0) is 10.8 Å². The number of fused-ring (bicyclic) bond motifs is 11. The van der Waals surface area contributed by atoms with Gasteiger partial charge in [0.15, 0.2) is 11.4 Å². The van der Waals surface area contributed by atoms with Gasteiger partial charge in [0.05, 0.1) is 0 Å². The molecule has 2 heterocycles. The second-order valence-corrected chi connectivity index (χ2v) is 15.6. The summed E-state index contributed by atoms with van der Waals surface area (Å²) in [6.07, 6.45) is 6.25. The first-order valence-corrected chi connectivity index (χ1v) is 18.8. The summed E-state index contributed by atoms with van der Waals surface area (Å²) >= 11 is 0. The molecule has 0 unspecified atom stereocenters. The number of benzene rings is 6. The van der Waals surface area contributed by atoms with E-state index in [4.69, 9.17) is 14.4 Å². The summed E-state index contributed by atoms with van der Waals surface area (Å²) in [5.41, 5.74) is 19.3. The monoisotopic (exact) mass is 670 g/mol. The van der Waals surface area contributed by atoms with Gasteiger partial charge in [-0.05, 0) is 105 Å². The van der Waals surface area contributed by atoms with Crippen molar-refractivity contribution < 1.29 is 4.42 Å². The fourth-order valence-corrected chi connectivity index (χ4v) is 9.91. The zero-order valence-electron chi connectivity index (χ0n) is 29.5. The van der Waals surface area contributed by atoms with Gasteiger partial charge in [0.25, 0.3) is 0 Å². The largest absolute Gasteiger partial charge is 0.452 e. The molecule has 0 atom stereocenters. The molecule has 0 N–H and O–H groups in total. The van der Waals surface area contributed by atoms with Crippen molar-refractivity contribution in [2.75, 3.05) is 0 Å². The van der Waals surface area contributed by atoms with Gasteiger partial charge in [-0.15, -0.1) is 0 Å². The standard InChI is InChI=1S/C49H38N2O/c1-48(2)39-20-9-7-18-34(39)37-29-42-38(28-40(37)48)35-23-22-32(27-41(35)49(42)24-11-4-12-25-49)31-16-13-17-33(26-31)44-46-45(36-19-8-10-21-43(36)52-46)51-47(50-44)30-14-5-3-6-15-30/h3,5-10,13-23,26-29H,4,11-12,24-25H2,1-2H3. The van der Waals surface area contributed by atoms with Crippen LogP contribution < -0.4 is 0 Å². The highest BCUT2D eigenvalue weighted by molar-refractivity contribution is 6.07. The summed E-state index contributed by atoms with van der Waals surface area (Å²) in [6.45, 7) is 4.79. The fourth-order valence-electron chi connectivity index (χ4n) is 9.91. The SMILES string of the molecule is CC1(C)c2ccccc2-c2cc3c(cc21)-c1ccc(-c2cccc(-c4nc(-c5ccccc5)nc5c4oc4ccccc45)c2)cc1C31CCCCC1. The summed E-state index contributed by atoms with van der Waals surface area (Å²) in [4.78, 5) is 10.2. The summed E-state index contributed by atoms with van der Waals surface area (Å²) in [7, 11) is 0. The maximum Gasteiger partial charge on any atom is 0.180 e. The van der Waals surface area contributed by atoms with Crippen molar-refractivity contribution in [2.24, 2.45) is 0 Å². The zero-order chi connectivity index (χ0) is 34.6. The Morgan fingerprint density at radius 1 is 0.500 bits per heavy atom. The van der Waals surface area contributed by atoms with Crippen molar-refractivity contribution in [3.05, 3.63) is 156 Å². The molecule has 0 aliphatic heterocycles. The lowest BCUT2D eigenvalue weighted by Gasteiger charge is -2.36. The Hall–Kier alpha value is -5.80. The number of hydrogen-bond donors (Lipinski definition) is 0. The molecule has 250 valence electrons. The summed E-state index contributed by atoms with van der Waals surface area (Å²) < 4.78 is 6.49. The Kier molecular flexibility index (Phi) is 6.24. The molecule has 6 aromatic carbocycles. The van der Waals surface area contributed by atoms with Gasteiger partial charge >= 0.3 is 0 Å². The molecular formula is C49H38N2O. The quantitative estimate of drug-likeness (QED) is 0.188. The number of hydrogen-bond acceptors (Lipinski definition) is 3. The summed E-state index contributed by atoms with van der Waals surface area (Å²) in [5.74, 6) is 0.701. The van der Waals surface area contributed by atoms with Crippen LogP contribution in [0.5, 0.6) is 0 Å². The molecule has 1 spiro atoms. The van der Waals surface area contributed by atoms with Gasteiger partial charge < -0.3 is 4.42 Å². The van der Waals surface area contributed by atoms with E-state index in [2.05, 4.69) is 111 Å². The van der Waals surface area contributed by atoms with Gasteiger partial charge in [0.1, 0.15) is 16.8 Å². The Morgan fingerprint density at radius 3 is 2.06 bits per heavy atom. The topological polar surface area (TPSA) is 38.9 Å². The first kappa shape index (κ1) is 29.9. The van der Waals surface area contributed by atoms with Crippen molar-refractivity contribution in [1.82, 2.24) is 9.97 Å². The van der Waals surface area contributed by atoms with Crippen molar-refractivity contribution >= 4 is 22.1 Å². The van der Waals surface area contributed by atoms with Crippen LogP contribution in [-0.4, -0.2) is 9.97 Å². The van der Waals surface area contributed by atoms with Gasteiger partial charge in [0, 0.05) is 27.3 Å². The molecule has 0 bridgehead atoms. The van der Waals surface area contributed by atoms with E-state index in [9.17, 15) is 0 Å². The predicted octanol–water partition coefficient (Wildman–Crippen LogP) is 12.9. The second-order valence-electron chi connectivity index (χ2n) is 15.6. The van der Waals surface area contributed by atoms with Crippen molar-refractivity contribution in [1.29, 1.82) is 0 Å². The normalized spacial score (nSPS) is 16.2. The fraction of sp³-hybridized carbons (Fsp3) is 0.184. The van der Waals surface area contributed by atoms with Gasteiger partial charge in [-0.2, -0.15) is 0 Å². The predicted molar refractivity (Wildman–Crippen MR) is 212 cm³/mol. The molecule has 3 aliphatic rings. The van der Waals surface area contributed by atoms with Gasteiger partial charge in [0.2, 0.25) is 0 Å². The average molecular weight is 671 g/mol. The number of furan rings is 1. The molecule has 52 heavy (non-hydrogen) atoms. The Balaban J connectivity index is 1.07. The highest BCUT2D eigenvalue weighted by atomic mass is 16.3. The minimum Gasteiger partial charge on any atom is -0.452 e. The van der Waals surface area contributed by atoms with Crippen molar-refractivity contribution in [2.45, 2.75) is 56.8 Å². The first-order valence-electron chi connectivity index (χ1n) is 18.8. The minimum atomic E-state index is -0.0174. The van der Waals surface area contributed by atoms with Crippen LogP contribution in [0.1, 0.15) is 68.2 Å². The third-order valence-electron chi connectivity index (χ3n) is 12.5. The lowest BCUT2D eigenvalue weighted by atomic mass is 9.67. The molecule has 3 aliphatic carbocycles. The van der Waals surface area contributed by atoms with E-state index < -0.39 is 0 Å². The Bertz CT molecular complexity index is 2750. The van der Waals surface area contributed by atoms with E-state index in [-0.39, 0.29) is 10.8 Å². The summed E-state index contributed by atoms with van der Waals surface area (Å²) in [5, 5.41) is 1.00. The van der Waals surface area contributed by atoms with Crippen molar-refractivity contribution in [3.8, 4) is 56.0 Å². The molecule has 2 aromatic heterocycles. The second kappa shape index (κ2) is 10.9. The van der Waals surface area contributed by atoms with Crippen LogP contribution in [0.25, 0.3) is 78.1 Å². The highest BCUT2D eigenvalue weighted by Gasteiger charge is 2.46. The number of aromatic nitrogens is 2. The Labute approximate surface area is 304 Å². The lowest BCUT2D eigenvalue weighted by molar-refractivity contribution is 0.353. The number of nitrogens with zero attached hydrogens (tertiary/aromatic N) is 2. The highest BCUT2D eigenvalue weighted by Crippen LogP contribution is 2.60. The zero-order valence-corrected chi connectivity index (χ0v) is 29.5. The number of rotatable bonds is 3. The van der Waals surface area contributed by atoms with Crippen LogP contribution in [0.15, 0.2) is 138 Å². The van der Waals surface area contributed by atoms with E-state index in [1.807, 2.05) is 36.4 Å². The average Bonchev–Trinajstić information content (AvgIpc) is 3.78. The molecule has 0 amide bonds. The van der Waals surface area contributed by atoms with Crippen LogP contribution in [0.3, 0.4) is 0 Å². The van der Waals surface area contributed by atoms with Gasteiger partial charge in [-0.1, -0.05) is 130 Å². The Morgan fingerprint density at radius 2 is 1.17 bits per heavy atom. The smallest absolute Gasteiger partial charge is 0.180 e. The molecule has 11 rings (SSSR count). The molecule has 0 radical (unpaired) electrons. The lowest BCUT2D eigenvalue weighted by Crippen LogP contribution is -2.28. The molecule has 3 nitrogen and oxygen atoms in total. The minimum absolute atomic E-state index is 0.0174. The van der Waals surface area contributed by atoms with Gasteiger partial charge in [-0.25, -0.2) is 9.97 Å². The van der Waals surface area contributed by atoms with E-state index in [1.54, 1.807) is 5.56 Å². The molecule has 0 saturated heterocycles. The number of para-hydroxylation sites is 1. The maximum absolute atomic E-state index is 6.49. The molecule has 8 aromatic rings. The van der Waals surface area contributed by atoms with E-state index in [0.717, 1.165) is 38.9 Å². The van der Waals surface area contributed by atoms with E-state index in [1.165, 1.54) is 82.2 Å². The third-order valence-corrected chi connectivity index (χ3v) is 12.5. The van der Waals surface area contributed by atoms with Crippen molar-refractivity contribution in [3.63, 3.8) is 0 Å². The first-order chi connectivity index (χ1) is 25.5. The van der Waals surface area contributed by atoms with Crippen LogP contribution in [0.2, 0.25) is 0 Å². The van der Waals surface area contributed by atoms with E-state index in [0.29, 0.717) is 5.82 Å². The van der Waals surface area contributed by atoms with Crippen LogP contribution in [0.4, 0.5) is 0 Å². The summed E-state index contributed by atoms with van der Waals surface area (Å²) in [6, 6.07) is 48.7. The van der Waals surface area contributed by atoms with Gasteiger partial charge in [-0.3, -0.25) is 0 Å². The molecule has 3 heteroatoms.